The average molecular weight is 285 g/mol. The van der Waals surface area contributed by atoms with Gasteiger partial charge in [-0.2, -0.15) is 0 Å². The van der Waals surface area contributed by atoms with E-state index in [0.29, 0.717) is 0 Å². The van der Waals surface area contributed by atoms with Crippen molar-refractivity contribution in [2.45, 2.75) is 26.7 Å². The summed E-state index contributed by atoms with van der Waals surface area (Å²) in [6, 6.07) is 4.69. The second-order valence-electron chi connectivity index (χ2n) is 6.41. The molecule has 1 N–H and O–H groups in total. The maximum Gasteiger partial charge on any atom is 0.0483 e. The Morgan fingerprint density at radius 3 is 2.57 bits per heavy atom. The molecular formula is C18H27N3. The number of fused-ring (bicyclic) bond motifs is 1. The third-order valence-corrected chi connectivity index (χ3v) is 4.82. The first-order valence-electron chi connectivity index (χ1n) is 8.13. The third kappa shape index (κ3) is 3.14. The van der Waals surface area contributed by atoms with Gasteiger partial charge in [0.25, 0.3) is 0 Å². The number of nitrogens with one attached hydrogen (secondary N) is 1. The molecule has 0 radical (unpaired) electrons. The Hall–Kier alpha value is -1.32. The lowest BCUT2D eigenvalue weighted by atomic mass is 10.0. The van der Waals surface area contributed by atoms with Crippen LogP contribution < -0.4 is 5.32 Å². The lowest BCUT2D eigenvalue weighted by molar-refractivity contribution is 0.238. The van der Waals surface area contributed by atoms with Gasteiger partial charge in [0, 0.05) is 50.3 Å². The third-order valence-electron chi connectivity index (χ3n) is 4.82. The minimum absolute atomic E-state index is 1.15. The Kier molecular flexibility index (Phi) is 4.32. The van der Waals surface area contributed by atoms with Crippen molar-refractivity contribution in [1.82, 2.24) is 14.8 Å². The van der Waals surface area contributed by atoms with Crippen LogP contribution >= 0.6 is 0 Å². The average Bonchev–Trinajstić information content (AvgIpc) is 2.77. The summed E-state index contributed by atoms with van der Waals surface area (Å²) in [7, 11) is 2.16. The summed E-state index contributed by atoms with van der Waals surface area (Å²) < 4.78 is 2.28. The first kappa shape index (κ1) is 14.6. The van der Waals surface area contributed by atoms with Crippen LogP contribution in [0.4, 0.5) is 0 Å². The Labute approximate surface area is 127 Å². The predicted octanol–water partition coefficient (Wildman–Crippen LogP) is 2.63. The van der Waals surface area contributed by atoms with E-state index in [2.05, 4.69) is 54.0 Å². The monoisotopic (exact) mass is 285 g/mol. The molecule has 1 aliphatic heterocycles. The van der Waals surface area contributed by atoms with Gasteiger partial charge in [0.1, 0.15) is 0 Å². The zero-order valence-electron chi connectivity index (χ0n) is 13.6. The molecule has 2 aromatic rings. The normalized spacial score (nSPS) is 16.7. The molecule has 1 fully saturated rings. The summed E-state index contributed by atoms with van der Waals surface area (Å²) in [4.78, 5) is 2.58. The fourth-order valence-electron chi connectivity index (χ4n) is 3.35. The molecule has 114 valence electrons. The van der Waals surface area contributed by atoms with Crippen LogP contribution in [0.25, 0.3) is 10.9 Å². The number of aryl methyl sites for hydroxylation is 4. The van der Waals surface area contributed by atoms with Crippen molar-refractivity contribution in [1.29, 1.82) is 0 Å². The van der Waals surface area contributed by atoms with Gasteiger partial charge in [-0.15, -0.1) is 0 Å². The number of aromatic nitrogens is 1. The molecule has 21 heavy (non-hydrogen) atoms. The minimum Gasteiger partial charge on any atom is -0.350 e. The van der Waals surface area contributed by atoms with Gasteiger partial charge >= 0.3 is 0 Å². The Morgan fingerprint density at radius 1 is 1.10 bits per heavy atom. The van der Waals surface area contributed by atoms with Crippen molar-refractivity contribution in [3.05, 3.63) is 35.0 Å². The molecular weight excluding hydrogens is 258 g/mol. The Balaban J connectivity index is 1.70. The first-order chi connectivity index (χ1) is 10.1. The number of rotatable bonds is 4. The molecule has 1 aromatic heterocycles. The van der Waals surface area contributed by atoms with Crippen LogP contribution in [-0.4, -0.2) is 42.2 Å². The Bertz CT molecular complexity index is 621. The van der Waals surface area contributed by atoms with Gasteiger partial charge < -0.3 is 14.8 Å². The zero-order valence-corrected chi connectivity index (χ0v) is 13.6. The topological polar surface area (TPSA) is 20.2 Å². The van der Waals surface area contributed by atoms with Crippen molar-refractivity contribution in [3.63, 3.8) is 0 Å². The standard InChI is InChI=1S/C18H27N3/c1-14-11-17-16(13-20(3)18(17)12-15(14)2)5-4-8-21-9-6-19-7-10-21/h11-13,19H,4-10H2,1-3H3. The number of hydrogen-bond donors (Lipinski definition) is 1. The zero-order chi connectivity index (χ0) is 14.8. The molecule has 3 rings (SSSR count). The van der Waals surface area contributed by atoms with Gasteiger partial charge in [-0.1, -0.05) is 0 Å². The summed E-state index contributed by atoms with van der Waals surface area (Å²) in [6.45, 7) is 10.3. The highest BCUT2D eigenvalue weighted by atomic mass is 15.2. The number of hydrogen-bond acceptors (Lipinski definition) is 2. The molecule has 3 heteroatoms. The highest BCUT2D eigenvalue weighted by Crippen LogP contribution is 2.25. The number of benzene rings is 1. The van der Waals surface area contributed by atoms with Gasteiger partial charge in [0.05, 0.1) is 0 Å². The van der Waals surface area contributed by atoms with Crippen LogP contribution in [0.15, 0.2) is 18.3 Å². The van der Waals surface area contributed by atoms with Crippen molar-refractivity contribution in [3.8, 4) is 0 Å². The SMILES string of the molecule is Cc1cc2c(CCCN3CCNCC3)cn(C)c2cc1C. The lowest BCUT2D eigenvalue weighted by Crippen LogP contribution is -2.43. The van der Waals surface area contributed by atoms with Crippen molar-refractivity contribution in [2.75, 3.05) is 32.7 Å². The quantitative estimate of drug-likeness (QED) is 0.932. The van der Waals surface area contributed by atoms with E-state index < -0.39 is 0 Å². The molecule has 3 nitrogen and oxygen atoms in total. The van der Waals surface area contributed by atoms with E-state index in [0.717, 1.165) is 13.1 Å². The van der Waals surface area contributed by atoms with Gasteiger partial charge in [0.2, 0.25) is 0 Å². The molecule has 1 aliphatic rings. The fraction of sp³-hybridized carbons (Fsp3) is 0.556. The first-order valence-corrected chi connectivity index (χ1v) is 8.13. The Morgan fingerprint density at radius 2 is 1.81 bits per heavy atom. The number of nitrogens with zero attached hydrogens (tertiary/aromatic N) is 2. The molecule has 0 spiro atoms. The minimum atomic E-state index is 1.15. The summed E-state index contributed by atoms with van der Waals surface area (Å²) in [5, 5.41) is 4.86. The maximum atomic E-state index is 3.42. The highest BCUT2D eigenvalue weighted by Gasteiger charge is 2.11. The number of piperazine rings is 1. The van der Waals surface area contributed by atoms with E-state index in [1.807, 2.05) is 0 Å². The summed E-state index contributed by atoms with van der Waals surface area (Å²) in [5.41, 5.74) is 5.66. The van der Waals surface area contributed by atoms with E-state index in [4.69, 9.17) is 0 Å². The van der Waals surface area contributed by atoms with Gasteiger partial charge in [-0.25, -0.2) is 0 Å². The highest BCUT2D eigenvalue weighted by molar-refractivity contribution is 5.85. The van der Waals surface area contributed by atoms with Crippen molar-refractivity contribution < 1.29 is 0 Å². The van der Waals surface area contributed by atoms with E-state index in [1.54, 1.807) is 0 Å². The van der Waals surface area contributed by atoms with Crippen LogP contribution in [0.1, 0.15) is 23.1 Å². The van der Waals surface area contributed by atoms with Crippen LogP contribution in [0.5, 0.6) is 0 Å². The summed E-state index contributed by atoms with van der Waals surface area (Å²) in [5.74, 6) is 0. The molecule has 0 atom stereocenters. The van der Waals surface area contributed by atoms with E-state index in [9.17, 15) is 0 Å². The van der Waals surface area contributed by atoms with Gasteiger partial charge in [0.15, 0.2) is 0 Å². The maximum absolute atomic E-state index is 3.42. The summed E-state index contributed by atoms with van der Waals surface area (Å²) in [6.07, 6.45) is 4.76. The van der Waals surface area contributed by atoms with Crippen LogP contribution in [0, 0.1) is 13.8 Å². The predicted molar refractivity (Wildman–Crippen MR) is 90.0 cm³/mol. The molecule has 0 aliphatic carbocycles. The van der Waals surface area contributed by atoms with Gasteiger partial charge in [-0.05, 0) is 62.1 Å². The van der Waals surface area contributed by atoms with Crippen LogP contribution in [0.2, 0.25) is 0 Å². The molecule has 0 amide bonds. The molecule has 2 heterocycles. The largest absolute Gasteiger partial charge is 0.350 e. The van der Waals surface area contributed by atoms with Crippen LogP contribution in [0.3, 0.4) is 0 Å². The molecule has 0 unspecified atom stereocenters. The van der Waals surface area contributed by atoms with E-state index in [-0.39, 0.29) is 0 Å². The second kappa shape index (κ2) is 6.20. The molecule has 1 aromatic carbocycles. The van der Waals surface area contributed by atoms with Crippen molar-refractivity contribution >= 4 is 10.9 Å². The van der Waals surface area contributed by atoms with E-state index >= 15 is 0 Å². The van der Waals surface area contributed by atoms with E-state index in [1.165, 1.54) is 60.1 Å². The van der Waals surface area contributed by atoms with Gasteiger partial charge in [-0.3, -0.25) is 0 Å². The fourth-order valence-corrected chi connectivity index (χ4v) is 3.35. The molecule has 0 bridgehead atoms. The van der Waals surface area contributed by atoms with Crippen LogP contribution in [-0.2, 0) is 13.5 Å². The summed E-state index contributed by atoms with van der Waals surface area (Å²) >= 11 is 0. The lowest BCUT2D eigenvalue weighted by Gasteiger charge is -2.26. The van der Waals surface area contributed by atoms with Crippen molar-refractivity contribution in [2.24, 2.45) is 7.05 Å². The second-order valence-corrected chi connectivity index (χ2v) is 6.41. The molecule has 0 saturated carbocycles. The molecule has 1 saturated heterocycles. The smallest absolute Gasteiger partial charge is 0.0483 e.